The van der Waals surface area contributed by atoms with Gasteiger partial charge < -0.3 is 15.6 Å². The summed E-state index contributed by atoms with van der Waals surface area (Å²) >= 11 is 0. The molecule has 1 rings (SSSR count). The minimum atomic E-state index is -0.576. The van der Waals surface area contributed by atoms with Crippen LogP contribution >= 0.6 is 12.4 Å². The molecule has 2 atom stereocenters. The molecule has 1 aliphatic rings. The van der Waals surface area contributed by atoms with Crippen LogP contribution < -0.4 is 5.73 Å². The van der Waals surface area contributed by atoms with Gasteiger partial charge in [-0.05, 0) is 12.0 Å². The molecule has 4 nitrogen and oxygen atoms in total. The zero-order valence-corrected chi connectivity index (χ0v) is 9.08. The summed E-state index contributed by atoms with van der Waals surface area (Å²) < 4.78 is 4.93. The minimum absolute atomic E-state index is 0. The van der Waals surface area contributed by atoms with Crippen molar-refractivity contribution < 1.29 is 14.6 Å². The number of ether oxygens (including phenoxy) is 1. The summed E-state index contributed by atoms with van der Waals surface area (Å²) in [4.78, 5) is 11.2. The van der Waals surface area contributed by atoms with Crippen molar-refractivity contribution in [3.05, 3.63) is 11.8 Å². The largest absolute Gasteiger partial charge is 0.429 e. The number of esters is 1. The monoisotopic (exact) mass is 221 g/mol. The number of hydrogen-bond acceptors (Lipinski definition) is 4. The van der Waals surface area contributed by atoms with E-state index in [1.54, 1.807) is 6.08 Å². The van der Waals surface area contributed by atoms with E-state index in [2.05, 4.69) is 0 Å². The molecule has 0 spiro atoms. The fourth-order valence-electron chi connectivity index (χ4n) is 1.22. The lowest BCUT2D eigenvalue weighted by molar-refractivity contribution is -0.141. The van der Waals surface area contributed by atoms with Crippen LogP contribution in [0.5, 0.6) is 0 Å². The number of aliphatic hydroxyl groups is 1. The van der Waals surface area contributed by atoms with Crippen LogP contribution in [0, 0.1) is 11.8 Å². The van der Waals surface area contributed by atoms with Gasteiger partial charge in [0.2, 0.25) is 0 Å². The molecule has 0 aliphatic carbocycles. The fraction of sp³-hybridized carbons (Fsp3) is 0.667. The molecule has 0 saturated carbocycles. The first-order valence-electron chi connectivity index (χ1n) is 4.36. The lowest BCUT2D eigenvalue weighted by Gasteiger charge is -2.08. The predicted octanol–water partition coefficient (Wildman–Crippen LogP) is 0.441. The summed E-state index contributed by atoms with van der Waals surface area (Å²) in [6, 6.07) is -0.576. The van der Waals surface area contributed by atoms with Crippen LogP contribution in [0.25, 0.3) is 0 Å². The second kappa shape index (κ2) is 5.34. The molecule has 0 bridgehead atoms. The number of nitrogens with two attached hydrogens (primary N) is 1. The second-order valence-corrected chi connectivity index (χ2v) is 3.55. The highest BCUT2D eigenvalue weighted by Gasteiger charge is 2.31. The smallest absolute Gasteiger partial charge is 0.318 e. The average molecular weight is 222 g/mol. The molecular formula is C9H16ClNO3. The zero-order valence-electron chi connectivity index (χ0n) is 8.27. The Morgan fingerprint density at radius 3 is 2.57 bits per heavy atom. The minimum Gasteiger partial charge on any atom is -0.429 e. The van der Waals surface area contributed by atoms with Gasteiger partial charge in [-0.2, -0.15) is 0 Å². The van der Waals surface area contributed by atoms with Crippen molar-refractivity contribution in [2.75, 3.05) is 6.61 Å². The second-order valence-electron chi connectivity index (χ2n) is 3.55. The molecule has 1 aliphatic heterocycles. The summed E-state index contributed by atoms with van der Waals surface area (Å²) in [5.41, 5.74) is 5.51. The SMILES string of the molecule is CC(C)[C@H]1C=C([C@@H](N)CO)OC1=O.Cl. The van der Waals surface area contributed by atoms with Gasteiger partial charge in [-0.3, -0.25) is 4.79 Å². The van der Waals surface area contributed by atoms with Crippen molar-refractivity contribution in [1.29, 1.82) is 0 Å². The van der Waals surface area contributed by atoms with Crippen LogP contribution in [0.2, 0.25) is 0 Å². The van der Waals surface area contributed by atoms with Gasteiger partial charge in [0.25, 0.3) is 0 Å². The number of hydrogen-bond donors (Lipinski definition) is 2. The molecule has 0 aromatic carbocycles. The first kappa shape index (κ1) is 13.4. The first-order valence-corrected chi connectivity index (χ1v) is 4.36. The van der Waals surface area contributed by atoms with E-state index in [1.165, 1.54) is 0 Å². The zero-order chi connectivity index (χ0) is 10.0. The highest BCUT2D eigenvalue weighted by atomic mass is 35.5. The first-order chi connectivity index (χ1) is 6.06. The number of aliphatic hydroxyl groups excluding tert-OH is 1. The Morgan fingerprint density at radius 1 is 1.64 bits per heavy atom. The molecular weight excluding hydrogens is 206 g/mol. The molecule has 0 amide bonds. The van der Waals surface area contributed by atoms with Gasteiger partial charge in [0.15, 0.2) is 0 Å². The lowest BCUT2D eigenvalue weighted by atomic mass is 9.96. The quantitative estimate of drug-likeness (QED) is 0.679. The van der Waals surface area contributed by atoms with E-state index >= 15 is 0 Å². The highest BCUT2D eigenvalue weighted by molar-refractivity contribution is 5.85. The average Bonchev–Trinajstić information content (AvgIpc) is 2.46. The molecule has 5 heteroatoms. The molecule has 14 heavy (non-hydrogen) atoms. The maximum absolute atomic E-state index is 11.2. The number of halogens is 1. The van der Waals surface area contributed by atoms with E-state index in [-0.39, 0.29) is 36.8 Å². The van der Waals surface area contributed by atoms with Gasteiger partial charge in [0, 0.05) is 0 Å². The van der Waals surface area contributed by atoms with Crippen molar-refractivity contribution in [1.82, 2.24) is 0 Å². The third kappa shape index (κ3) is 2.70. The molecule has 0 radical (unpaired) electrons. The fourth-order valence-corrected chi connectivity index (χ4v) is 1.22. The van der Waals surface area contributed by atoms with Gasteiger partial charge in [-0.25, -0.2) is 0 Å². The topological polar surface area (TPSA) is 72.6 Å². The van der Waals surface area contributed by atoms with E-state index in [0.29, 0.717) is 5.76 Å². The van der Waals surface area contributed by atoms with E-state index in [0.717, 1.165) is 0 Å². The van der Waals surface area contributed by atoms with Crippen LogP contribution in [0.15, 0.2) is 11.8 Å². The van der Waals surface area contributed by atoms with Gasteiger partial charge in [0.1, 0.15) is 5.76 Å². The predicted molar refractivity (Wildman–Crippen MR) is 54.8 cm³/mol. The molecule has 0 fully saturated rings. The number of rotatable bonds is 3. The van der Waals surface area contributed by atoms with Crippen LogP contribution in [0.3, 0.4) is 0 Å². The van der Waals surface area contributed by atoms with Crippen molar-refractivity contribution in [2.24, 2.45) is 17.6 Å². The Bertz CT molecular complexity index is 240. The standard InChI is InChI=1S/C9H15NO3.ClH/c1-5(2)6-3-8(7(10)4-11)13-9(6)12;/h3,5-7,11H,4,10H2,1-2H3;1H/t6-,7+;/m1./s1. The highest BCUT2D eigenvalue weighted by Crippen LogP contribution is 2.25. The van der Waals surface area contributed by atoms with E-state index in [1.807, 2.05) is 13.8 Å². The third-order valence-corrected chi connectivity index (χ3v) is 2.11. The molecule has 0 aromatic rings. The normalized spacial score (nSPS) is 22.8. The Labute approximate surface area is 89.5 Å². The van der Waals surface area contributed by atoms with Gasteiger partial charge in [-0.15, -0.1) is 12.4 Å². The summed E-state index contributed by atoms with van der Waals surface area (Å²) in [5.74, 6) is 0.114. The summed E-state index contributed by atoms with van der Waals surface area (Å²) in [6.45, 7) is 3.68. The maximum Gasteiger partial charge on any atom is 0.318 e. The molecule has 1 heterocycles. The van der Waals surface area contributed by atoms with Crippen LogP contribution in [-0.2, 0) is 9.53 Å². The number of carbonyl (C=O) groups is 1. The summed E-state index contributed by atoms with van der Waals surface area (Å²) in [5, 5.41) is 8.75. The van der Waals surface area contributed by atoms with E-state index < -0.39 is 6.04 Å². The molecule has 0 aromatic heterocycles. The maximum atomic E-state index is 11.2. The number of carbonyl (C=O) groups excluding carboxylic acids is 1. The van der Waals surface area contributed by atoms with Crippen molar-refractivity contribution in [3.63, 3.8) is 0 Å². The number of cyclic esters (lactones) is 1. The van der Waals surface area contributed by atoms with E-state index in [9.17, 15) is 4.79 Å². The Morgan fingerprint density at radius 2 is 2.21 bits per heavy atom. The van der Waals surface area contributed by atoms with Crippen molar-refractivity contribution in [3.8, 4) is 0 Å². The van der Waals surface area contributed by atoms with Crippen LogP contribution in [0.4, 0.5) is 0 Å². The Balaban J connectivity index is 0.00000169. The van der Waals surface area contributed by atoms with Crippen LogP contribution in [0.1, 0.15) is 13.8 Å². The van der Waals surface area contributed by atoms with Crippen molar-refractivity contribution >= 4 is 18.4 Å². The van der Waals surface area contributed by atoms with Gasteiger partial charge in [-0.1, -0.05) is 13.8 Å². The lowest BCUT2D eigenvalue weighted by Crippen LogP contribution is -2.27. The van der Waals surface area contributed by atoms with Gasteiger partial charge in [0.05, 0.1) is 18.6 Å². The molecule has 3 N–H and O–H groups in total. The Kier molecular flexibility index (Phi) is 5.12. The molecule has 0 saturated heterocycles. The Hall–Kier alpha value is -0.580. The van der Waals surface area contributed by atoms with Crippen molar-refractivity contribution in [2.45, 2.75) is 19.9 Å². The van der Waals surface area contributed by atoms with Gasteiger partial charge >= 0.3 is 5.97 Å². The molecule has 82 valence electrons. The summed E-state index contributed by atoms with van der Waals surface area (Å²) in [6.07, 6.45) is 1.70. The molecule has 0 unspecified atom stereocenters. The third-order valence-electron chi connectivity index (χ3n) is 2.11. The van der Waals surface area contributed by atoms with E-state index in [4.69, 9.17) is 15.6 Å². The summed E-state index contributed by atoms with van der Waals surface area (Å²) in [7, 11) is 0. The van der Waals surface area contributed by atoms with Crippen LogP contribution in [-0.4, -0.2) is 23.7 Å².